The molecule has 0 aromatic carbocycles. The maximum Gasteiger partial charge on any atom is 2.00 e. The zero-order chi connectivity index (χ0) is 3.58. The van der Waals surface area contributed by atoms with Gasteiger partial charge in [0.05, 0.1) is 5.09 Å². The molecule has 8 heavy (non-hydrogen) atoms. The van der Waals surface area contributed by atoms with Gasteiger partial charge in [0.15, 0.2) is 0 Å². The van der Waals surface area contributed by atoms with E-state index in [0.717, 1.165) is 0 Å². The van der Waals surface area contributed by atoms with E-state index in [-0.39, 0.29) is 57.6 Å². The number of hydrogen-bond donors (Lipinski definition) is 0. The molecule has 1 radical (unpaired) electrons. The molecule has 0 aromatic rings. The third kappa shape index (κ3) is 516. The Morgan fingerprint density at radius 2 is 1.25 bits per heavy atom. The van der Waals surface area contributed by atoms with Gasteiger partial charge in [-0.2, -0.15) is 0 Å². The van der Waals surface area contributed by atoms with Crippen LogP contribution in [0.15, 0.2) is 0 Å². The third-order valence-electron chi connectivity index (χ3n) is 0. The summed E-state index contributed by atoms with van der Waals surface area (Å²) in [7, 11) is 0. The Kier molecular flexibility index (Phi) is 121. The minimum Gasteiger partial charge on any atom is -2.00 e. The van der Waals surface area contributed by atoms with E-state index < -0.39 is 5.09 Å². The average molecular weight is 174 g/mol. The SMILES string of the molecule is O.O=[N+]([O-])[O-].[Mn+2].[Na+].[O-2]. The summed E-state index contributed by atoms with van der Waals surface area (Å²) in [6.45, 7) is 0. The molecule has 0 aliphatic carbocycles. The smallest absolute Gasteiger partial charge is 2.00 e. The predicted molar refractivity (Wildman–Crippen MR) is 14.7 cm³/mol. The molecular formula is H2MnNNaO5. The van der Waals surface area contributed by atoms with Gasteiger partial charge in [0, 0.05) is 0 Å². The fraction of sp³-hybridized carbons (Fsp3) is 0. The number of rotatable bonds is 0. The van der Waals surface area contributed by atoms with Gasteiger partial charge < -0.3 is 26.3 Å². The Labute approximate surface area is 77.7 Å². The van der Waals surface area contributed by atoms with Crippen LogP contribution in [0.2, 0.25) is 0 Å². The third-order valence-corrected chi connectivity index (χ3v) is 0. The molecule has 45 valence electrons. The van der Waals surface area contributed by atoms with Gasteiger partial charge in [0.2, 0.25) is 0 Å². The second-order valence-electron chi connectivity index (χ2n) is 0.224. The zero-order valence-electron chi connectivity index (χ0n) is 3.96. The molecule has 0 amide bonds. The molecule has 0 aliphatic heterocycles. The van der Waals surface area contributed by atoms with Crippen molar-refractivity contribution < 1.29 is 62.7 Å². The van der Waals surface area contributed by atoms with Crippen LogP contribution in [0.5, 0.6) is 0 Å². The molecular weight excluding hydrogens is 172 g/mol. The van der Waals surface area contributed by atoms with Crippen LogP contribution in [0.4, 0.5) is 0 Å². The standard InChI is InChI=1S/Mn.NO3.Na.H2O.O/c;2-1(3)4;;;/h;;;1H2;/q+2;-1;+1;;-2. The first-order valence-electron chi connectivity index (χ1n) is 0.548. The van der Waals surface area contributed by atoms with Gasteiger partial charge in [-0.1, -0.05) is 0 Å². The van der Waals surface area contributed by atoms with Crippen molar-refractivity contribution in [3.8, 4) is 0 Å². The van der Waals surface area contributed by atoms with Crippen LogP contribution in [0, 0.1) is 15.3 Å². The van der Waals surface area contributed by atoms with Crippen molar-refractivity contribution in [2.24, 2.45) is 0 Å². The summed E-state index contributed by atoms with van der Waals surface area (Å²) in [5.41, 5.74) is 0. The van der Waals surface area contributed by atoms with Gasteiger partial charge >= 0.3 is 46.6 Å². The summed E-state index contributed by atoms with van der Waals surface area (Å²) in [4.78, 5) is 8.25. The quantitative estimate of drug-likeness (QED) is 0.210. The monoisotopic (exact) mass is 174 g/mol. The van der Waals surface area contributed by atoms with E-state index in [9.17, 15) is 0 Å². The minimum atomic E-state index is -1.75. The topological polar surface area (TPSA) is 126 Å². The summed E-state index contributed by atoms with van der Waals surface area (Å²) < 4.78 is 0. The van der Waals surface area contributed by atoms with Gasteiger partial charge in [-0.25, -0.2) is 0 Å². The van der Waals surface area contributed by atoms with Crippen molar-refractivity contribution in [1.29, 1.82) is 0 Å². The molecule has 0 aliphatic rings. The Morgan fingerprint density at radius 1 is 1.25 bits per heavy atom. The van der Waals surface area contributed by atoms with Crippen LogP contribution in [-0.2, 0) is 22.5 Å². The Bertz CT molecular complexity index is 35.4. The predicted octanol–water partition coefficient (Wildman–Crippen LogP) is -4.18. The summed E-state index contributed by atoms with van der Waals surface area (Å²) in [6.07, 6.45) is 0. The molecule has 0 heterocycles. The van der Waals surface area contributed by atoms with Crippen LogP contribution < -0.4 is 29.6 Å². The van der Waals surface area contributed by atoms with Crippen molar-refractivity contribution in [1.82, 2.24) is 0 Å². The summed E-state index contributed by atoms with van der Waals surface area (Å²) in [6, 6.07) is 0. The van der Waals surface area contributed by atoms with Gasteiger partial charge in [0.25, 0.3) is 0 Å². The number of hydrogen-bond acceptors (Lipinski definition) is 3. The fourth-order valence-electron chi connectivity index (χ4n) is 0. The molecule has 0 fully saturated rings. The molecule has 0 saturated carbocycles. The van der Waals surface area contributed by atoms with Crippen LogP contribution in [-0.4, -0.2) is 10.6 Å². The van der Waals surface area contributed by atoms with Gasteiger partial charge in [-0.05, 0) is 0 Å². The second-order valence-corrected chi connectivity index (χ2v) is 0.224. The molecule has 0 aromatic heterocycles. The van der Waals surface area contributed by atoms with E-state index in [4.69, 9.17) is 15.3 Å². The molecule has 0 rings (SSSR count). The van der Waals surface area contributed by atoms with Crippen LogP contribution in [0.25, 0.3) is 0 Å². The molecule has 0 spiro atoms. The van der Waals surface area contributed by atoms with Crippen LogP contribution >= 0.6 is 0 Å². The maximum absolute atomic E-state index is 8.25. The molecule has 2 N–H and O–H groups in total. The van der Waals surface area contributed by atoms with E-state index in [0.29, 0.717) is 0 Å². The first-order chi connectivity index (χ1) is 1.73. The van der Waals surface area contributed by atoms with E-state index in [1.807, 2.05) is 0 Å². The molecule has 0 saturated heterocycles. The van der Waals surface area contributed by atoms with E-state index in [2.05, 4.69) is 0 Å². The van der Waals surface area contributed by atoms with Crippen LogP contribution in [0.1, 0.15) is 0 Å². The van der Waals surface area contributed by atoms with Crippen molar-refractivity contribution in [2.75, 3.05) is 0 Å². The summed E-state index contributed by atoms with van der Waals surface area (Å²) in [5, 5.41) is 14.8. The first-order valence-corrected chi connectivity index (χ1v) is 0.548. The molecule has 6 nitrogen and oxygen atoms in total. The van der Waals surface area contributed by atoms with Crippen molar-refractivity contribution in [3.63, 3.8) is 0 Å². The van der Waals surface area contributed by atoms with Gasteiger partial charge in [0.1, 0.15) is 0 Å². The minimum absolute atomic E-state index is 0. The van der Waals surface area contributed by atoms with E-state index >= 15 is 0 Å². The number of nitrogens with zero attached hydrogens (tertiary/aromatic N) is 1. The Hall–Kier alpha value is 0.639. The largest absolute Gasteiger partial charge is 2.00 e. The van der Waals surface area contributed by atoms with Crippen LogP contribution in [0.3, 0.4) is 0 Å². The van der Waals surface area contributed by atoms with Crippen molar-refractivity contribution in [3.05, 3.63) is 15.3 Å². The Morgan fingerprint density at radius 3 is 1.25 bits per heavy atom. The van der Waals surface area contributed by atoms with Gasteiger partial charge in [-0.3, -0.25) is 0 Å². The Balaban J connectivity index is -0.00000000750. The zero-order valence-corrected chi connectivity index (χ0v) is 7.14. The van der Waals surface area contributed by atoms with Gasteiger partial charge in [-0.15, -0.1) is 0 Å². The first kappa shape index (κ1) is 38.1. The second kappa shape index (κ2) is 25.4. The fourth-order valence-corrected chi connectivity index (χ4v) is 0. The average Bonchev–Trinajstić information content (AvgIpc) is 0.811. The maximum atomic E-state index is 8.25. The molecule has 0 bridgehead atoms. The van der Waals surface area contributed by atoms with Crippen molar-refractivity contribution in [2.45, 2.75) is 0 Å². The molecule has 0 unspecified atom stereocenters. The van der Waals surface area contributed by atoms with E-state index in [1.165, 1.54) is 0 Å². The summed E-state index contributed by atoms with van der Waals surface area (Å²) >= 11 is 0. The molecule has 8 heteroatoms. The van der Waals surface area contributed by atoms with E-state index in [1.54, 1.807) is 0 Å². The van der Waals surface area contributed by atoms with Crippen molar-refractivity contribution >= 4 is 0 Å². The molecule has 0 atom stereocenters. The normalized spacial score (nSPS) is 3.00. The summed E-state index contributed by atoms with van der Waals surface area (Å²) in [5.74, 6) is 0.